The van der Waals surface area contributed by atoms with Crippen molar-refractivity contribution in [2.75, 3.05) is 7.11 Å². The van der Waals surface area contributed by atoms with Crippen LogP contribution in [0, 0.1) is 0 Å². The molecule has 1 aromatic carbocycles. The number of methoxy groups -OCH3 is 1. The highest BCUT2D eigenvalue weighted by atomic mass is 32.1. The molecule has 1 aliphatic carbocycles. The Morgan fingerprint density at radius 3 is 2.62 bits per heavy atom. The highest BCUT2D eigenvalue weighted by molar-refractivity contribution is 7.15. The summed E-state index contributed by atoms with van der Waals surface area (Å²) in [5.74, 6) is 0. The van der Waals surface area contributed by atoms with Gasteiger partial charge in [0.05, 0.1) is 10.6 Å². The third-order valence-corrected chi connectivity index (χ3v) is 5.35. The van der Waals surface area contributed by atoms with Gasteiger partial charge in [0.15, 0.2) is 0 Å². The molecule has 0 radical (unpaired) electrons. The molecule has 1 heterocycles. The molecular formula is C17H22N2OS. The quantitative estimate of drug-likeness (QED) is 0.877. The standard InChI is InChI=1S/C17H22N2OS/c1-17(2,20-3)16-19-14(11-18-13-9-10-13)15(21-16)12-7-5-4-6-8-12/h4-8,13,18H,9-11H2,1-3H3. The largest absolute Gasteiger partial charge is 0.372 e. The smallest absolute Gasteiger partial charge is 0.125 e. The predicted octanol–water partition coefficient (Wildman–Crippen LogP) is 3.94. The summed E-state index contributed by atoms with van der Waals surface area (Å²) in [5, 5.41) is 4.61. The van der Waals surface area contributed by atoms with Crippen LogP contribution in [0.1, 0.15) is 37.4 Å². The van der Waals surface area contributed by atoms with E-state index in [9.17, 15) is 0 Å². The monoisotopic (exact) mass is 302 g/mol. The number of hydrogen-bond acceptors (Lipinski definition) is 4. The maximum absolute atomic E-state index is 5.59. The molecule has 1 aliphatic rings. The van der Waals surface area contributed by atoms with Gasteiger partial charge < -0.3 is 10.1 Å². The Bertz CT molecular complexity index is 603. The van der Waals surface area contributed by atoms with E-state index in [4.69, 9.17) is 9.72 Å². The Kier molecular flexibility index (Phi) is 4.11. The molecule has 0 bridgehead atoms. The van der Waals surface area contributed by atoms with Crippen LogP contribution in [-0.2, 0) is 16.9 Å². The normalized spacial score (nSPS) is 15.4. The number of nitrogens with one attached hydrogen (secondary N) is 1. The second-order valence-corrected chi connectivity index (χ2v) is 7.03. The van der Waals surface area contributed by atoms with Gasteiger partial charge in [-0.05, 0) is 32.3 Å². The molecule has 0 aliphatic heterocycles. The lowest BCUT2D eigenvalue weighted by Gasteiger charge is -2.19. The fourth-order valence-corrected chi connectivity index (χ4v) is 3.33. The van der Waals surface area contributed by atoms with Gasteiger partial charge in [0.25, 0.3) is 0 Å². The summed E-state index contributed by atoms with van der Waals surface area (Å²) in [4.78, 5) is 6.11. The first-order valence-corrected chi connectivity index (χ1v) is 8.26. The molecule has 112 valence electrons. The molecule has 0 amide bonds. The summed E-state index contributed by atoms with van der Waals surface area (Å²) in [6.45, 7) is 4.97. The third-order valence-electron chi connectivity index (χ3n) is 3.89. The maximum atomic E-state index is 5.59. The molecule has 1 saturated carbocycles. The van der Waals surface area contributed by atoms with Gasteiger partial charge in [-0.2, -0.15) is 0 Å². The van der Waals surface area contributed by atoms with Crippen LogP contribution in [0.5, 0.6) is 0 Å². The molecule has 1 fully saturated rings. The van der Waals surface area contributed by atoms with Gasteiger partial charge in [-0.15, -0.1) is 11.3 Å². The van der Waals surface area contributed by atoms with Crippen LogP contribution in [0.2, 0.25) is 0 Å². The average molecular weight is 302 g/mol. The Balaban J connectivity index is 1.94. The van der Waals surface area contributed by atoms with Crippen molar-refractivity contribution in [3.63, 3.8) is 0 Å². The van der Waals surface area contributed by atoms with E-state index >= 15 is 0 Å². The van der Waals surface area contributed by atoms with Gasteiger partial charge in [-0.1, -0.05) is 30.3 Å². The predicted molar refractivity (Wildman–Crippen MR) is 87.4 cm³/mol. The molecule has 3 nitrogen and oxygen atoms in total. The van der Waals surface area contributed by atoms with Crippen LogP contribution in [0.25, 0.3) is 10.4 Å². The minimum absolute atomic E-state index is 0.341. The molecule has 3 rings (SSSR count). The van der Waals surface area contributed by atoms with E-state index < -0.39 is 0 Å². The van der Waals surface area contributed by atoms with Crippen LogP contribution in [0.3, 0.4) is 0 Å². The highest BCUT2D eigenvalue weighted by Crippen LogP contribution is 2.36. The topological polar surface area (TPSA) is 34.1 Å². The Morgan fingerprint density at radius 1 is 1.29 bits per heavy atom. The lowest BCUT2D eigenvalue weighted by Crippen LogP contribution is -2.20. The van der Waals surface area contributed by atoms with Crippen molar-refractivity contribution in [1.29, 1.82) is 0 Å². The molecule has 1 N–H and O–H groups in total. The molecule has 0 unspecified atom stereocenters. The summed E-state index contributed by atoms with van der Waals surface area (Å²) in [6.07, 6.45) is 2.59. The molecule has 2 aromatic rings. The zero-order valence-electron chi connectivity index (χ0n) is 12.8. The molecule has 0 spiro atoms. The molecule has 0 atom stereocenters. The summed E-state index contributed by atoms with van der Waals surface area (Å²) in [5.41, 5.74) is 2.03. The summed E-state index contributed by atoms with van der Waals surface area (Å²) in [7, 11) is 1.74. The first kappa shape index (κ1) is 14.7. The summed E-state index contributed by atoms with van der Waals surface area (Å²) in [6, 6.07) is 11.2. The van der Waals surface area contributed by atoms with E-state index in [1.54, 1.807) is 18.4 Å². The molecule has 4 heteroatoms. The average Bonchev–Trinajstić information content (AvgIpc) is 3.23. The maximum Gasteiger partial charge on any atom is 0.125 e. The third kappa shape index (κ3) is 3.34. The minimum Gasteiger partial charge on any atom is -0.372 e. The minimum atomic E-state index is -0.341. The first-order valence-electron chi connectivity index (χ1n) is 7.44. The lowest BCUT2D eigenvalue weighted by molar-refractivity contribution is 0.0189. The lowest BCUT2D eigenvalue weighted by atomic mass is 10.1. The number of benzene rings is 1. The van der Waals surface area contributed by atoms with E-state index in [1.165, 1.54) is 23.3 Å². The molecule has 0 saturated heterocycles. The highest BCUT2D eigenvalue weighted by Gasteiger charge is 2.27. The van der Waals surface area contributed by atoms with Crippen LogP contribution in [0.4, 0.5) is 0 Å². The van der Waals surface area contributed by atoms with E-state index in [1.807, 2.05) is 6.07 Å². The summed E-state index contributed by atoms with van der Waals surface area (Å²) < 4.78 is 5.59. The van der Waals surface area contributed by atoms with Crippen molar-refractivity contribution in [2.24, 2.45) is 0 Å². The van der Waals surface area contributed by atoms with Crippen LogP contribution >= 0.6 is 11.3 Å². The van der Waals surface area contributed by atoms with Gasteiger partial charge in [-0.25, -0.2) is 4.98 Å². The fraction of sp³-hybridized carbons (Fsp3) is 0.471. The number of thiazole rings is 1. The van der Waals surface area contributed by atoms with Crippen LogP contribution in [0.15, 0.2) is 30.3 Å². The van der Waals surface area contributed by atoms with Crippen molar-refractivity contribution < 1.29 is 4.74 Å². The molecular weight excluding hydrogens is 280 g/mol. The Hall–Kier alpha value is -1.23. The van der Waals surface area contributed by atoms with Crippen LogP contribution < -0.4 is 5.32 Å². The van der Waals surface area contributed by atoms with Crippen molar-refractivity contribution in [2.45, 2.75) is 44.9 Å². The van der Waals surface area contributed by atoms with Gasteiger partial charge >= 0.3 is 0 Å². The van der Waals surface area contributed by atoms with E-state index in [-0.39, 0.29) is 5.60 Å². The second kappa shape index (κ2) is 5.87. The van der Waals surface area contributed by atoms with Crippen molar-refractivity contribution in [1.82, 2.24) is 10.3 Å². The van der Waals surface area contributed by atoms with Crippen molar-refractivity contribution in [3.05, 3.63) is 41.0 Å². The van der Waals surface area contributed by atoms with Crippen molar-refractivity contribution in [3.8, 4) is 10.4 Å². The van der Waals surface area contributed by atoms with Crippen molar-refractivity contribution >= 4 is 11.3 Å². The first-order chi connectivity index (χ1) is 10.1. The van der Waals surface area contributed by atoms with Gasteiger partial charge in [0.1, 0.15) is 10.6 Å². The number of rotatable bonds is 6. The second-order valence-electron chi connectivity index (χ2n) is 6.03. The van der Waals surface area contributed by atoms with Gasteiger partial charge in [0, 0.05) is 19.7 Å². The molecule has 1 aromatic heterocycles. The van der Waals surface area contributed by atoms with E-state index in [0.717, 1.165) is 17.2 Å². The van der Waals surface area contributed by atoms with Crippen LogP contribution in [-0.4, -0.2) is 18.1 Å². The summed E-state index contributed by atoms with van der Waals surface area (Å²) >= 11 is 1.74. The Morgan fingerprint density at radius 2 is 2.00 bits per heavy atom. The number of nitrogens with zero attached hydrogens (tertiary/aromatic N) is 1. The van der Waals surface area contributed by atoms with Gasteiger partial charge in [-0.3, -0.25) is 0 Å². The zero-order chi connectivity index (χ0) is 14.9. The molecule has 21 heavy (non-hydrogen) atoms. The number of hydrogen-bond donors (Lipinski definition) is 1. The van der Waals surface area contributed by atoms with Gasteiger partial charge in [0.2, 0.25) is 0 Å². The van der Waals surface area contributed by atoms with E-state index in [0.29, 0.717) is 6.04 Å². The SMILES string of the molecule is COC(C)(C)c1nc(CNC2CC2)c(-c2ccccc2)s1. The fourth-order valence-electron chi connectivity index (χ4n) is 2.16. The zero-order valence-corrected chi connectivity index (χ0v) is 13.7. The van der Waals surface area contributed by atoms with E-state index in [2.05, 4.69) is 43.4 Å². The Labute approximate surface area is 130 Å². The number of ether oxygens (including phenoxy) is 1. The number of aromatic nitrogens is 1.